The van der Waals surface area contributed by atoms with Crippen molar-refractivity contribution >= 4 is 39.1 Å². The zero-order chi connectivity index (χ0) is 31.0. The number of ether oxygens (including phenoxy) is 2. The average Bonchev–Trinajstić information content (AvgIpc) is 3.51. The van der Waals surface area contributed by atoms with E-state index in [-0.39, 0.29) is 30.6 Å². The van der Waals surface area contributed by atoms with Gasteiger partial charge in [-0.1, -0.05) is 66.9 Å². The van der Waals surface area contributed by atoms with Crippen LogP contribution in [0, 0.1) is 0 Å². The maximum absolute atomic E-state index is 14.3. The molecule has 0 aromatic heterocycles. The molecule has 1 unspecified atom stereocenters. The number of anilines is 1. The summed E-state index contributed by atoms with van der Waals surface area (Å²) in [5.41, 5.74) is 1.86. The van der Waals surface area contributed by atoms with Gasteiger partial charge in [-0.2, -0.15) is 0 Å². The molecule has 1 fully saturated rings. The minimum Gasteiger partial charge on any atom is -0.493 e. The second-order valence-corrected chi connectivity index (χ2v) is 13.0. The first kappa shape index (κ1) is 32.2. The molecular formula is C32H38ClN3O6S. The van der Waals surface area contributed by atoms with E-state index < -0.39 is 28.5 Å². The number of rotatable bonds is 13. The highest BCUT2D eigenvalue weighted by atomic mass is 35.5. The van der Waals surface area contributed by atoms with Crippen molar-refractivity contribution in [2.24, 2.45) is 0 Å². The van der Waals surface area contributed by atoms with Crippen molar-refractivity contribution in [3.8, 4) is 11.5 Å². The molecule has 1 aliphatic carbocycles. The van der Waals surface area contributed by atoms with Crippen molar-refractivity contribution in [3.63, 3.8) is 0 Å². The van der Waals surface area contributed by atoms with Gasteiger partial charge in [0.1, 0.15) is 12.6 Å². The normalized spacial score (nSPS) is 14.1. The van der Waals surface area contributed by atoms with Crippen LogP contribution in [0.5, 0.6) is 11.5 Å². The maximum Gasteiger partial charge on any atom is 0.244 e. The quantitative estimate of drug-likeness (QED) is 0.291. The average molecular weight is 628 g/mol. The van der Waals surface area contributed by atoms with E-state index in [9.17, 15) is 18.0 Å². The predicted molar refractivity (Wildman–Crippen MR) is 168 cm³/mol. The number of amides is 2. The molecular weight excluding hydrogens is 590 g/mol. The molecule has 0 bridgehead atoms. The number of nitrogens with one attached hydrogen (secondary N) is 1. The van der Waals surface area contributed by atoms with E-state index in [1.54, 1.807) is 36.4 Å². The van der Waals surface area contributed by atoms with Crippen LogP contribution in [-0.4, -0.2) is 64.2 Å². The number of halogens is 1. The van der Waals surface area contributed by atoms with Crippen LogP contribution in [0.25, 0.3) is 0 Å². The topological polar surface area (TPSA) is 105 Å². The summed E-state index contributed by atoms with van der Waals surface area (Å²) in [6.07, 6.45) is 5.14. The lowest BCUT2D eigenvalue weighted by atomic mass is 10.0. The Balaban J connectivity index is 1.73. The summed E-state index contributed by atoms with van der Waals surface area (Å²) in [7, 11) is -0.995. The van der Waals surface area contributed by atoms with Gasteiger partial charge >= 0.3 is 0 Å². The van der Waals surface area contributed by atoms with E-state index in [4.69, 9.17) is 21.1 Å². The van der Waals surface area contributed by atoms with Gasteiger partial charge in [-0.05, 0) is 48.2 Å². The van der Waals surface area contributed by atoms with Crippen LogP contribution < -0.4 is 19.1 Å². The fraction of sp³-hybridized carbons (Fsp3) is 0.375. The third-order valence-corrected chi connectivity index (χ3v) is 8.97. The highest BCUT2D eigenvalue weighted by molar-refractivity contribution is 7.92. The summed E-state index contributed by atoms with van der Waals surface area (Å²) in [6.45, 7) is -0.445. The van der Waals surface area contributed by atoms with Gasteiger partial charge in [0, 0.05) is 30.1 Å². The van der Waals surface area contributed by atoms with Crippen LogP contribution in [0.1, 0.15) is 36.8 Å². The monoisotopic (exact) mass is 627 g/mol. The summed E-state index contributed by atoms with van der Waals surface area (Å²) in [5, 5.41) is 3.70. The van der Waals surface area contributed by atoms with Crippen LogP contribution in [-0.2, 0) is 32.6 Å². The van der Waals surface area contributed by atoms with E-state index in [1.807, 2.05) is 30.3 Å². The third-order valence-electron chi connectivity index (χ3n) is 7.57. The first-order valence-electron chi connectivity index (χ1n) is 14.2. The van der Waals surface area contributed by atoms with Crippen molar-refractivity contribution in [2.75, 3.05) is 31.3 Å². The van der Waals surface area contributed by atoms with Gasteiger partial charge < -0.3 is 19.7 Å². The Morgan fingerprint density at radius 2 is 1.58 bits per heavy atom. The largest absolute Gasteiger partial charge is 0.493 e. The first-order valence-corrected chi connectivity index (χ1v) is 16.4. The molecule has 4 rings (SSSR count). The lowest BCUT2D eigenvalue weighted by Gasteiger charge is -2.34. The number of sulfonamides is 1. The summed E-state index contributed by atoms with van der Waals surface area (Å²) in [5.74, 6) is -0.0633. The molecule has 3 aromatic carbocycles. The Hall–Kier alpha value is -3.76. The van der Waals surface area contributed by atoms with E-state index in [0.29, 0.717) is 16.5 Å². The molecule has 9 nitrogen and oxygen atoms in total. The van der Waals surface area contributed by atoms with Crippen LogP contribution >= 0.6 is 11.6 Å². The van der Waals surface area contributed by atoms with Crippen molar-refractivity contribution in [1.82, 2.24) is 10.2 Å². The van der Waals surface area contributed by atoms with Gasteiger partial charge in [0.2, 0.25) is 21.8 Å². The van der Waals surface area contributed by atoms with Gasteiger partial charge in [0.25, 0.3) is 0 Å². The summed E-state index contributed by atoms with van der Waals surface area (Å²) in [4.78, 5) is 29.6. The van der Waals surface area contributed by atoms with Gasteiger partial charge in [-0.3, -0.25) is 13.9 Å². The molecule has 0 spiro atoms. The lowest BCUT2D eigenvalue weighted by molar-refractivity contribution is -0.140. The number of benzene rings is 3. The molecule has 11 heteroatoms. The van der Waals surface area contributed by atoms with E-state index in [2.05, 4.69) is 5.32 Å². The SMILES string of the molecule is COc1ccc(N(CC(=O)N(Cc2ccc(Cl)cc2)C(Cc2ccccc2)C(=O)NC2CCCC2)S(C)(=O)=O)cc1OC. The van der Waals surface area contributed by atoms with Crippen LogP contribution in [0.2, 0.25) is 5.02 Å². The van der Waals surface area contributed by atoms with Crippen molar-refractivity contribution in [1.29, 1.82) is 0 Å². The number of carbonyl (C=O) groups is 2. The molecule has 43 heavy (non-hydrogen) atoms. The zero-order valence-electron chi connectivity index (χ0n) is 24.7. The first-order chi connectivity index (χ1) is 20.6. The summed E-state index contributed by atoms with van der Waals surface area (Å²) in [6, 6.07) is 20.3. The fourth-order valence-electron chi connectivity index (χ4n) is 5.30. The highest BCUT2D eigenvalue weighted by Gasteiger charge is 2.34. The van der Waals surface area contributed by atoms with E-state index >= 15 is 0 Å². The van der Waals surface area contributed by atoms with Crippen LogP contribution in [0.3, 0.4) is 0 Å². The Labute approximate surface area is 258 Å². The Kier molecular flexibility index (Phi) is 10.9. The van der Waals surface area contributed by atoms with Gasteiger partial charge in [-0.25, -0.2) is 8.42 Å². The molecule has 1 N–H and O–H groups in total. The third kappa shape index (κ3) is 8.64. The van der Waals surface area contributed by atoms with Gasteiger partial charge in [-0.15, -0.1) is 0 Å². The van der Waals surface area contributed by atoms with Crippen LogP contribution in [0.4, 0.5) is 5.69 Å². The molecule has 0 radical (unpaired) electrons. The molecule has 3 aromatic rings. The minimum atomic E-state index is -3.92. The maximum atomic E-state index is 14.3. The van der Waals surface area contributed by atoms with E-state index in [0.717, 1.165) is 47.4 Å². The molecule has 0 saturated heterocycles. The molecule has 0 heterocycles. The van der Waals surface area contributed by atoms with Gasteiger partial charge in [0.05, 0.1) is 26.2 Å². The number of carbonyl (C=O) groups excluding carboxylic acids is 2. The van der Waals surface area contributed by atoms with Crippen molar-refractivity contribution in [2.45, 2.75) is 50.7 Å². The fourth-order valence-corrected chi connectivity index (χ4v) is 6.27. The van der Waals surface area contributed by atoms with E-state index in [1.165, 1.54) is 25.2 Å². The number of hydrogen-bond donors (Lipinski definition) is 1. The standard InChI is InChI=1S/C32H38ClN3O6S/c1-41-29-18-17-27(20-30(29)42-2)36(43(3,39)40)22-31(37)35(21-24-13-15-25(33)16-14-24)28(19-23-9-5-4-6-10-23)32(38)34-26-11-7-8-12-26/h4-6,9-10,13-18,20,26,28H,7-8,11-12,19,21-22H2,1-3H3,(H,34,38). The summed E-state index contributed by atoms with van der Waals surface area (Å²) >= 11 is 6.12. The number of hydrogen-bond acceptors (Lipinski definition) is 6. The Morgan fingerprint density at radius 1 is 0.930 bits per heavy atom. The zero-order valence-corrected chi connectivity index (χ0v) is 26.2. The molecule has 230 valence electrons. The lowest BCUT2D eigenvalue weighted by Crippen LogP contribution is -2.54. The molecule has 1 saturated carbocycles. The smallest absolute Gasteiger partial charge is 0.244 e. The molecule has 2 amide bonds. The number of nitrogens with zero attached hydrogens (tertiary/aromatic N) is 2. The van der Waals surface area contributed by atoms with Crippen molar-refractivity contribution < 1.29 is 27.5 Å². The Morgan fingerprint density at radius 3 is 2.19 bits per heavy atom. The second-order valence-electron chi connectivity index (χ2n) is 10.7. The molecule has 0 aliphatic heterocycles. The van der Waals surface area contributed by atoms with Gasteiger partial charge in [0.15, 0.2) is 11.5 Å². The minimum absolute atomic E-state index is 0.0394. The summed E-state index contributed by atoms with van der Waals surface area (Å²) < 4.78 is 37.8. The molecule has 1 atom stereocenters. The molecule has 1 aliphatic rings. The van der Waals surface area contributed by atoms with Crippen LogP contribution in [0.15, 0.2) is 72.8 Å². The van der Waals surface area contributed by atoms with Crippen molar-refractivity contribution in [3.05, 3.63) is 88.9 Å². The predicted octanol–water partition coefficient (Wildman–Crippen LogP) is 4.82. The Bertz CT molecular complexity index is 1500. The highest BCUT2D eigenvalue weighted by Crippen LogP contribution is 2.32. The number of methoxy groups -OCH3 is 2. The second kappa shape index (κ2) is 14.6.